The van der Waals surface area contributed by atoms with Crippen LogP contribution in [0.4, 0.5) is 0 Å². The molecular formula is C15H23N3O. The molecule has 1 atom stereocenters. The predicted octanol–water partition coefficient (Wildman–Crippen LogP) is 1.98. The number of carbonyl (C=O) groups is 1. The van der Waals surface area contributed by atoms with Crippen LogP contribution in [0.3, 0.4) is 0 Å². The lowest BCUT2D eigenvalue weighted by atomic mass is 9.84. The maximum absolute atomic E-state index is 11.6. The van der Waals surface area contributed by atoms with Gasteiger partial charge in [-0.1, -0.05) is 43.5 Å². The molecular weight excluding hydrogens is 238 g/mol. The fourth-order valence-electron chi connectivity index (χ4n) is 2.76. The molecule has 0 bridgehead atoms. The first kappa shape index (κ1) is 14.0. The van der Waals surface area contributed by atoms with E-state index in [0.29, 0.717) is 5.92 Å². The summed E-state index contributed by atoms with van der Waals surface area (Å²) < 4.78 is 0. The van der Waals surface area contributed by atoms with Crippen LogP contribution in [0.1, 0.15) is 55.2 Å². The van der Waals surface area contributed by atoms with Crippen LogP contribution in [0.25, 0.3) is 0 Å². The number of amides is 1. The average molecular weight is 261 g/mol. The minimum atomic E-state index is -0.618. The van der Waals surface area contributed by atoms with Crippen LogP contribution >= 0.6 is 0 Å². The van der Waals surface area contributed by atoms with Crippen molar-refractivity contribution < 1.29 is 4.79 Å². The first-order valence-electron chi connectivity index (χ1n) is 7.04. The Kier molecular flexibility index (Phi) is 4.93. The monoisotopic (exact) mass is 261 g/mol. The van der Waals surface area contributed by atoms with Crippen molar-refractivity contribution in [1.82, 2.24) is 10.9 Å². The minimum absolute atomic E-state index is 0.215. The van der Waals surface area contributed by atoms with Crippen molar-refractivity contribution in [1.29, 1.82) is 0 Å². The smallest absolute Gasteiger partial charge is 0.255 e. The first-order chi connectivity index (χ1) is 9.22. The van der Waals surface area contributed by atoms with E-state index in [4.69, 9.17) is 5.73 Å². The van der Waals surface area contributed by atoms with Gasteiger partial charge >= 0.3 is 0 Å². The van der Waals surface area contributed by atoms with E-state index < -0.39 is 6.04 Å². The molecule has 4 heteroatoms. The van der Waals surface area contributed by atoms with Crippen molar-refractivity contribution in [3.05, 3.63) is 35.4 Å². The summed E-state index contributed by atoms with van der Waals surface area (Å²) in [6.45, 7) is 0. The number of nitrogens with one attached hydrogen (secondary N) is 2. The second kappa shape index (κ2) is 6.68. The highest BCUT2D eigenvalue weighted by Crippen LogP contribution is 2.32. The highest BCUT2D eigenvalue weighted by Gasteiger charge is 2.18. The largest absolute Gasteiger partial charge is 0.316 e. The number of carbonyl (C=O) groups excluding carboxylic acids is 1. The molecule has 0 saturated heterocycles. The first-order valence-corrected chi connectivity index (χ1v) is 7.04. The number of nitrogens with two attached hydrogens (primary N) is 1. The Bertz CT molecular complexity index is 410. The number of rotatable bonds is 4. The zero-order valence-electron chi connectivity index (χ0n) is 11.5. The van der Waals surface area contributed by atoms with Crippen LogP contribution in [0.15, 0.2) is 24.3 Å². The Hall–Kier alpha value is -1.39. The summed E-state index contributed by atoms with van der Waals surface area (Å²) >= 11 is 0. The molecule has 0 aromatic heterocycles. The highest BCUT2D eigenvalue weighted by atomic mass is 16.2. The molecule has 1 aromatic rings. The van der Waals surface area contributed by atoms with Crippen molar-refractivity contribution in [2.24, 2.45) is 5.73 Å². The Morgan fingerprint density at radius 3 is 2.42 bits per heavy atom. The SMILES string of the molecule is CNNC(=O)C(N)c1ccc(C2CCCCC2)cc1. The maximum Gasteiger partial charge on any atom is 0.255 e. The third-order valence-corrected chi connectivity index (χ3v) is 3.90. The van der Waals surface area contributed by atoms with Crippen molar-refractivity contribution >= 4 is 5.91 Å². The topological polar surface area (TPSA) is 67.1 Å². The van der Waals surface area contributed by atoms with E-state index in [1.807, 2.05) is 12.1 Å². The van der Waals surface area contributed by atoms with Crippen LogP contribution in [-0.2, 0) is 4.79 Å². The molecule has 104 valence electrons. The second-order valence-electron chi connectivity index (χ2n) is 5.22. The molecule has 1 aliphatic carbocycles. The molecule has 4 nitrogen and oxygen atoms in total. The minimum Gasteiger partial charge on any atom is -0.316 e. The highest BCUT2D eigenvalue weighted by molar-refractivity contribution is 5.82. The summed E-state index contributed by atoms with van der Waals surface area (Å²) in [6.07, 6.45) is 6.59. The molecule has 1 aromatic carbocycles. The lowest BCUT2D eigenvalue weighted by Crippen LogP contribution is -2.40. The molecule has 1 aliphatic rings. The molecule has 2 rings (SSSR count). The average Bonchev–Trinajstić information content (AvgIpc) is 2.48. The number of hydrogen-bond acceptors (Lipinski definition) is 3. The van der Waals surface area contributed by atoms with Crippen LogP contribution in [0, 0.1) is 0 Å². The van der Waals surface area contributed by atoms with Crippen molar-refractivity contribution in [2.75, 3.05) is 7.05 Å². The zero-order chi connectivity index (χ0) is 13.7. The van der Waals surface area contributed by atoms with Gasteiger partial charge in [-0.15, -0.1) is 0 Å². The van der Waals surface area contributed by atoms with Crippen molar-refractivity contribution in [2.45, 2.75) is 44.1 Å². The zero-order valence-corrected chi connectivity index (χ0v) is 11.5. The summed E-state index contributed by atoms with van der Waals surface area (Å²) in [5.41, 5.74) is 13.2. The van der Waals surface area contributed by atoms with Crippen LogP contribution < -0.4 is 16.6 Å². The molecule has 1 amide bonds. The number of hydrazine groups is 1. The molecule has 1 saturated carbocycles. The third kappa shape index (κ3) is 3.55. The molecule has 0 aliphatic heterocycles. The normalized spacial score (nSPS) is 18.0. The van der Waals surface area contributed by atoms with Gasteiger partial charge in [-0.2, -0.15) is 0 Å². The Morgan fingerprint density at radius 2 is 1.84 bits per heavy atom. The van der Waals surface area contributed by atoms with Gasteiger partial charge in [-0.3, -0.25) is 10.2 Å². The number of benzene rings is 1. The summed E-state index contributed by atoms with van der Waals surface area (Å²) in [6, 6.07) is 7.58. The van der Waals surface area contributed by atoms with Gasteiger partial charge in [0.25, 0.3) is 5.91 Å². The standard InChI is InChI=1S/C15H23N3O/c1-17-18-15(19)14(16)13-9-7-12(8-10-13)11-5-3-2-4-6-11/h7-11,14,17H,2-6,16H2,1H3,(H,18,19). The van der Waals surface area contributed by atoms with E-state index in [2.05, 4.69) is 23.0 Å². The molecule has 4 N–H and O–H groups in total. The van der Waals surface area contributed by atoms with E-state index in [0.717, 1.165) is 5.56 Å². The van der Waals surface area contributed by atoms with Crippen molar-refractivity contribution in [3.8, 4) is 0 Å². The van der Waals surface area contributed by atoms with E-state index >= 15 is 0 Å². The lowest BCUT2D eigenvalue weighted by molar-refractivity contribution is -0.123. The number of hydrogen-bond donors (Lipinski definition) is 3. The van der Waals surface area contributed by atoms with Gasteiger partial charge in [-0.25, -0.2) is 5.43 Å². The predicted molar refractivity (Wildman–Crippen MR) is 76.4 cm³/mol. The van der Waals surface area contributed by atoms with Gasteiger partial charge in [-0.05, 0) is 29.9 Å². The van der Waals surface area contributed by atoms with Crippen LogP contribution in [0.5, 0.6) is 0 Å². The lowest BCUT2D eigenvalue weighted by Gasteiger charge is -2.22. The van der Waals surface area contributed by atoms with E-state index in [9.17, 15) is 4.79 Å². The summed E-state index contributed by atoms with van der Waals surface area (Å²) in [5, 5.41) is 0. The molecule has 0 radical (unpaired) electrons. The summed E-state index contributed by atoms with van der Waals surface area (Å²) in [4.78, 5) is 11.6. The molecule has 1 fully saturated rings. The summed E-state index contributed by atoms with van der Waals surface area (Å²) in [5.74, 6) is 0.470. The quantitative estimate of drug-likeness (QED) is 0.726. The van der Waals surface area contributed by atoms with Gasteiger partial charge in [0.15, 0.2) is 0 Å². The third-order valence-electron chi connectivity index (χ3n) is 3.90. The fraction of sp³-hybridized carbons (Fsp3) is 0.533. The van der Waals surface area contributed by atoms with Crippen LogP contribution in [0.2, 0.25) is 0 Å². The Labute approximate surface area is 114 Å². The van der Waals surface area contributed by atoms with Gasteiger partial charge in [0.05, 0.1) is 0 Å². The molecule has 0 spiro atoms. The van der Waals surface area contributed by atoms with Crippen molar-refractivity contribution in [3.63, 3.8) is 0 Å². The molecule has 1 unspecified atom stereocenters. The van der Waals surface area contributed by atoms with E-state index in [1.54, 1.807) is 7.05 Å². The summed E-state index contributed by atoms with van der Waals surface area (Å²) in [7, 11) is 1.65. The van der Waals surface area contributed by atoms with E-state index in [-0.39, 0.29) is 5.91 Å². The molecule has 0 heterocycles. The van der Waals surface area contributed by atoms with Gasteiger partial charge in [0, 0.05) is 7.05 Å². The van der Waals surface area contributed by atoms with Gasteiger partial charge in [0.2, 0.25) is 0 Å². The molecule has 19 heavy (non-hydrogen) atoms. The fourth-order valence-corrected chi connectivity index (χ4v) is 2.76. The van der Waals surface area contributed by atoms with Gasteiger partial charge < -0.3 is 5.73 Å². The van der Waals surface area contributed by atoms with Gasteiger partial charge in [0.1, 0.15) is 6.04 Å². The maximum atomic E-state index is 11.6. The Balaban J connectivity index is 2.03. The second-order valence-corrected chi connectivity index (χ2v) is 5.22. The Morgan fingerprint density at radius 1 is 1.21 bits per heavy atom. The van der Waals surface area contributed by atoms with E-state index in [1.165, 1.54) is 37.7 Å². The van der Waals surface area contributed by atoms with Crippen LogP contribution in [-0.4, -0.2) is 13.0 Å².